The summed E-state index contributed by atoms with van der Waals surface area (Å²) in [4.78, 5) is 5.00. The van der Waals surface area contributed by atoms with E-state index in [0.717, 1.165) is 72.9 Å². The first-order valence-electron chi connectivity index (χ1n) is 22.9. The molecule has 0 fully saturated rings. The summed E-state index contributed by atoms with van der Waals surface area (Å²) in [5.74, 6) is 2.31. The van der Waals surface area contributed by atoms with Gasteiger partial charge in [0.25, 0.3) is 6.33 Å². The third-order valence-electron chi connectivity index (χ3n) is 13.0. The van der Waals surface area contributed by atoms with Gasteiger partial charge in [-0.15, -0.1) is 0 Å². The highest BCUT2D eigenvalue weighted by Crippen LogP contribution is 2.39. The lowest BCUT2D eigenvalue weighted by atomic mass is 9.78. The summed E-state index contributed by atoms with van der Waals surface area (Å²) >= 11 is 0. The van der Waals surface area contributed by atoms with Crippen molar-refractivity contribution in [3.63, 3.8) is 0 Å². The molecule has 326 valence electrons. The Bertz CT molecular complexity index is 3330. The second-order valence-corrected chi connectivity index (χ2v) is 20.1. The summed E-state index contributed by atoms with van der Waals surface area (Å²) in [5, 5.41) is 2.30. The Morgan fingerprint density at radius 2 is 1.11 bits per heavy atom. The molecule has 0 atom stereocenters. The lowest BCUT2D eigenvalue weighted by molar-refractivity contribution is -0.599. The molecule has 0 aliphatic carbocycles. The molecule has 0 saturated heterocycles. The highest BCUT2D eigenvalue weighted by Gasteiger charge is 2.26. The Morgan fingerprint density at radius 1 is 0.485 bits per heavy atom. The van der Waals surface area contributed by atoms with Gasteiger partial charge in [0.15, 0.2) is 0 Å². The van der Waals surface area contributed by atoms with Gasteiger partial charge < -0.3 is 4.74 Å². The monoisotopic (exact) mass is 860 g/mol. The number of aromatic nitrogens is 4. The maximum absolute atomic E-state index is 7.01. The second-order valence-electron chi connectivity index (χ2n) is 20.1. The molecule has 5 heteroatoms. The van der Waals surface area contributed by atoms with Crippen LogP contribution in [-0.4, -0.2) is 14.1 Å². The number of nitrogens with zero attached hydrogens (tertiary/aromatic N) is 4. The van der Waals surface area contributed by atoms with E-state index in [1.54, 1.807) is 0 Å². The van der Waals surface area contributed by atoms with Crippen LogP contribution in [0.5, 0.6) is 11.5 Å². The minimum atomic E-state index is -0.226. The minimum Gasteiger partial charge on any atom is -0.458 e. The van der Waals surface area contributed by atoms with Crippen molar-refractivity contribution in [1.29, 1.82) is 0 Å². The summed E-state index contributed by atoms with van der Waals surface area (Å²) in [6.45, 7) is 18.2. The van der Waals surface area contributed by atoms with Crippen LogP contribution in [0, 0.1) is 6.33 Å². The highest BCUT2D eigenvalue weighted by atomic mass is 16.5. The van der Waals surface area contributed by atoms with Gasteiger partial charge in [-0.05, 0) is 110 Å². The van der Waals surface area contributed by atoms with E-state index in [-0.39, 0.29) is 16.2 Å². The summed E-state index contributed by atoms with van der Waals surface area (Å²) in [5.41, 5.74) is 13.1. The molecule has 3 aromatic heterocycles. The number of benzene rings is 7. The van der Waals surface area contributed by atoms with Gasteiger partial charge in [0.2, 0.25) is 0 Å². The smallest absolute Gasteiger partial charge is 0.269 e. The van der Waals surface area contributed by atoms with Crippen LogP contribution in [0.3, 0.4) is 0 Å². The summed E-state index contributed by atoms with van der Waals surface area (Å²) in [6.07, 6.45) is 7.94. The molecular formula is C61H56N4O. The predicted molar refractivity (Wildman–Crippen MR) is 272 cm³/mol. The summed E-state index contributed by atoms with van der Waals surface area (Å²) < 4.78 is 13.6. The standard InChI is InChI=1S/C61H56N4O/c1-59(2,3)47-34-48(60(4,5)6)36-49(35-47)63-40-57(43-22-14-10-15-23-43)64(41-63)50-32-44(42-20-12-9-13-21-42)33-52(38-50)66-51-28-29-54-53-26-18-19-27-55(53)65(56(54)39-51)58-37-46(30-31-62-58)61(7,8)45-24-16-11-17-25-45/h9-40H,1-8H3. The normalized spacial score (nSPS) is 12.2. The number of rotatable bonds is 9. The van der Waals surface area contributed by atoms with Crippen molar-refractivity contribution in [3.8, 4) is 51.1 Å². The molecule has 10 aromatic rings. The van der Waals surface area contributed by atoms with Crippen molar-refractivity contribution < 1.29 is 9.30 Å². The third-order valence-corrected chi connectivity index (χ3v) is 13.0. The van der Waals surface area contributed by atoms with E-state index in [2.05, 4.69) is 264 Å². The fourth-order valence-corrected chi connectivity index (χ4v) is 9.04. The Hall–Kier alpha value is -7.50. The molecule has 5 nitrogen and oxygen atoms in total. The summed E-state index contributed by atoms with van der Waals surface area (Å²) in [6, 6.07) is 64.6. The number of hydrogen-bond acceptors (Lipinski definition) is 2. The molecule has 0 bridgehead atoms. The fourth-order valence-electron chi connectivity index (χ4n) is 9.04. The molecule has 0 aliphatic heterocycles. The van der Waals surface area contributed by atoms with Crippen LogP contribution in [0.1, 0.15) is 77.6 Å². The SMILES string of the molecule is CC(C)(C)c1cc(-[n+]2[c-]n(-c3cc(Oc4ccc5c6ccccc6n(-c6cc(C(C)(C)c7ccccc7)ccn6)c5c4)cc(-c4ccccc4)c3)c(-c3ccccc3)c2)cc(C(C)(C)C)c1. The molecule has 10 rings (SSSR count). The quantitative estimate of drug-likeness (QED) is 0.107. The van der Waals surface area contributed by atoms with E-state index in [0.29, 0.717) is 0 Å². The van der Waals surface area contributed by atoms with Gasteiger partial charge in [-0.1, -0.05) is 171 Å². The lowest BCUT2D eigenvalue weighted by Gasteiger charge is -2.26. The molecule has 0 unspecified atom stereocenters. The number of ether oxygens (including phenoxy) is 1. The zero-order valence-corrected chi connectivity index (χ0v) is 39.2. The van der Waals surface area contributed by atoms with Gasteiger partial charge in [0, 0.05) is 34.6 Å². The average Bonchev–Trinajstić information content (AvgIpc) is 3.92. The molecule has 66 heavy (non-hydrogen) atoms. The predicted octanol–water partition coefficient (Wildman–Crippen LogP) is 15.1. The van der Waals surface area contributed by atoms with Crippen LogP contribution in [0.2, 0.25) is 0 Å². The zero-order valence-electron chi connectivity index (χ0n) is 39.2. The van der Waals surface area contributed by atoms with E-state index < -0.39 is 0 Å². The van der Waals surface area contributed by atoms with Gasteiger partial charge >= 0.3 is 0 Å². The minimum absolute atomic E-state index is 0.0329. The van der Waals surface area contributed by atoms with Gasteiger partial charge in [0.1, 0.15) is 17.3 Å². The van der Waals surface area contributed by atoms with Crippen molar-refractivity contribution >= 4 is 21.8 Å². The second kappa shape index (κ2) is 16.5. The van der Waals surface area contributed by atoms with Gasteiger partial charge in [-0.2, -0.15) is 0 Å². The van der Waals surface area contributed by atoms with Crippen LogP contribution in [0.4, 0.5) is 0 Å². The van der Waals surface area contributed by atoms with E-state index in [1.165, 1.54) is 22.3 Å². The van der Waals surface area contributed by atoms with E-state index >= 15 is 0 Å². The Balaban J connectivity index is 1.12. The van der Waals surface area contributed by atoms with Crippen LogP contribution in [0.25, 0.3) is 61.4 Å². The Labute approximate surface area is 389 Å². The fraction of sp³-hybridized carbons (Fsp3) is 0.180. The molecule has 0 amide bonds. The van der Waals surface area contributed by atoms with E-state index in [9.17, 15) is 0 Å². The summed E-state index contributed by atoms with van der Waals surface area (Å²) in [7, 11) is 0. The van der Waals surface area contributed by atoms with Crippen molar-refractivity contribution in [1.82, 2.24) is 14.1 Å². The Morgan fingerprint density at radius 3 is 1.79 bits per heavy atom. The zero-order chi connectivity index (χ0) is 45.8. The van der Waals surface area contributed by atoms with Gasteiger partial charge in [0.05, 0.1) is 28.1 Å². The molecular weight excluding hydrogens is 805 g/mol. The number of para-hydroxylation sites is 1. The maximum Gasteiger partial charge on any atom is 0.269 e. The topological polar surface area (TPSA) is 35.9 Å². The lowest BCUT2D eigenvalue weighted by Crippen LogP contribution is -2.30. The number of hydrogen-bond donors (Lipinski definition) is 0. The highest BCUT2D eigenvalue weighted by molar-refractivity contribution is 6.09. The number of imidazole rings is 1. The van der Waals surface area contributed by atoms with Crippen LogP contribution >= 0.6 is 0 Å². The molecule has 7 aromatic carbocycles. The first-order chi connectivity index (χ1) is 31.7. The molecule has 3 heterocycles. The molecule has 0 N–H and O–H groups in total. The largest absolute Gasteiger partial charge is 0.458 e. The van der Waals surface area contributed by atoms with Crippen molar-refractivity contribution in [2.45, 2.75) is 71.6 Å². The van der Waals surface area contributed by atoms with E-state index in [4.69, 9.17) is 9.72 Å². The van der Waals surface area contributed by atoms with Gasteiger partial charge in [-0.25, -0.2) is 4.98 Å². The van der Waals surface area contributed by atoms with Crippen LogP contribution in [-0.2, 0) is 16.2 Å². The molecule has 0 saturated carbocycles. The average molecular weight is 861 g/mol. The van der Waals surface area contributed by atoms with Gasteiger partial charge in [-0.3, -0.25) is 13.7 Å². The number of fused-ring (bicyclic) bond motifs is 3. The first kappa shape index (κ1) is 42.5. The third kappa shape index (κ3) is 8.11. The van der Waals surface area contributed by atoms with Crippen LogP contribution < -0.4 is 9.30 Å². The van der Waals surface area contributed by atoms with Crippen molar-refractivity contribution in [3.05, 3.63) is 223 Å². The molecule has 0 spiro atoms. The Kier molecular flexibility index (Phi) is 10.6. The molecule has 0 aliphatic rings. The van der Waals surface area contributed by atoms with Crippen molar-refractivity contribution in [2.75, 3.05) is 0 Å². The first-order valence-corrected chi connectivity index (χ1v) is 22.9. The molecule has 0 radical (unpaired) electrons. The number of pyridine rings is 1. The van der Waals surface area contributed by atoms with Crippen molar-refractivity contribution in [2.24, 2.45) is 0 Å². The maximum atomic E-state index is 7.01. The van der Waals surface area contributed by atoms with E-state index in [1.807, 2.05) is 6.20 Å². The van der Waals surface area contributed by atoms with Crippen LogP contribution in [0.15, 0.2) is 194 Å².